The highest BCUT2D eigenvalue weighted by molar-refractivity contribution is 5.84. The molecule has 112 valence electrons. The molecule has 5 heteroatoms. The summed E-state index contributed by atoms with van der Waals surface area (Å²) in [6, 6.07) is 9.74. The molecule has 0 aromatic heterocycles. The van der Waals surface area contributed by atoms with Crippen LogP contribution in [0.25, 0.3) is 0 Å². The van der Waals surface area contributed by atoms with Crippen molar-refractivity contribution in [3.05, 3.63) is 35.9 Å². The van der Waals surface area contributed by atoms with Crippen LogP contribution in [-0.4, -0.2) is 47.5 Å². The summed E-state index contributed by atoms with van der Waals surface area (Å²) in [5.74, 6) is 0.0441. The molecule has 2 aliphatic rings. The van der Waals surface area contributed by atoms with Gasteiger partial charge in [-0.2, -0.15) is 0 Å². The molecule has 2 aliphatic heterocycles. The van der Waals surface area contributed by atoms with Crippen LogP contribution in [0, 0.1) is 0 Å². The molecular weight excluding hydrogens is 268 g/mol. The summed E-state index contributed by atoms with van der Waals surface area (Å²) >= 11 is 0. The minimum absolute atomic E-state index is 0.0441. The number of carbonyl (C=O) groups excluding carboxylic acids is 2. The van der Waals surface area contributed by atoms with Crippen molar-refractivity contribution in [1.82, 2.24) is 9.80 Å². The maximum Gasteiger partial charge on any atom is 0.410 e. The van der Waals surface area contributed by atoms with Crippen LogP contribution in [0.4, 0.5) is 4.79 Å². The molecule has 2 amide bonds. The van der Waals surface area contributed by atoms with E-state index < -0.39 is 6.09 Å². The molecule has 0 N–H and O–H groups in total. The lowest BCUT2D eigenvalue weighted by molar-refractivity contribution is -0.140. The molecule has 0 unspecified atom stereocenters. The Morgan fingerprint density at radius 3 is 2.86 bits per heavy atom. The summed E-state index contributed by atoms with van der Waals surface area (Å²) in [6.07, 6.45) is 2.79. The molecule has 2 fully saturated rings. The number of carbonyl (C=O) groups is 2. The third kappa shape index (κ3) is 3.17. The van der Waals surface area contributed by atoms with Crippen LogP contribution in [0.1, 0.15) is 24.8 Å². The Kier molecular flexibility index (Phi) is 4.08. The van der Waals surface area contributed by atoms with E-state index in [4.69, 9.17) is 4.74 Å². The van der Waals surface area contributed by atoms with E-state index in [0.717, 1.165) is 31.4 Å². The van der Waals surface area contributed by atoms with Gasteiger partial charge < -0.3 is 9.64 Å². The predicted molar refractivity (Wildman–Crippen MR) is 77.6 cm³/mol. The van der Waals surface area contributed by atoms with Gasteiger partial charge in [0.1, 0.15) is 13.2 Å². The molecule has 1 aromatic carbocycles. The highest BCUT2D eigenvalue weighted by atomic mass is 16.6. The highest BCUT2D eigenvalue weighted by Crippen LogP contribution is 2.22. The highest BCUT2D eigenvalue weighted by Gasteiger charge is 2.36. The topological polar surface area (TPSA) is 49.9 Å². The summed E-state index contributed by atoms with van der Waals surface area (Å²) in [5.41, 5.74) is 0.952. The number of fused-ring (bicyclic) bond motifs is 1. The van der Waals surface area contributed by atoms with Crippen molar-refractivity contribution < 1.29 is 14.3 Å². The zero-order chi connectivity index (χ0) is 14.7. The van der Waals surface area contributed by atoms with Crippen LogP contribution < -0.4 is 0 Å². The molecular formula is C16H20N2O3. The van der Waals surface area contributed by atoms with Gasteiger partial charge in [-0.15, -0.1) is 0 Å². The number of piperidine rings is 1. The number of nitrogens with zero attached hydrogens (tertiary/aromatic N) is 2. The van der Waals surface area contributed by atoms with Crippen LogP contribution in [0.15, 0.2) is 30.3 Å². The molecule has 5 nitrogen and oxygen atoms in total. The fourth-order valence-corrected chi connectivity index (χ4v) is 3.04. The first-order valence-electron chi connectivity index (χ1n) is 7.49. The summed E-state index contributed by atoms with van der Waals surface area (Å²) in [7, 11) is 0. The fourth-order valence-electron chi connectivity index (χ4n) is 3.04. The first-order valence-corrected chi connectivity index (χ1v) is 7.49. The van der Waals surface area contributed by atoms with Gasteiger partial charge in [0.25, 0.3) is 0 Å². The van der Waals surface area contributed by atoms with Crippen molar-refractivity contribution in [3.63, 3.8) is 0 Å². The molecule has 2 heterocycles. The van der Waals surface area contributed by atoms with Crippen molar-refractivity contribution in [3.8, 4) is 0 Å². The molecule has 0 aliphatic carbocycles. The number of hydrogen-bond acceptors (Lipinski definition) is 3. The van der Waals surface area contributed by atoms with Gasteiger partial charge in [0.2, 0.25) is 5.91 Å². The Hall–Kier alpha value is -2.04. The second-order valence-electron chi connectivity index (χ2n) is 5.66. The van der Waals surface area contributed by atoms with Crippen molar-refractivity contribution >= 4 is 12.0 Å². The lowest BCUT2D eigenvalue weighted by Crippen LogP contribution is -2.59. The van der Waals surface area contributed by atoms with Crippen LogP contribution in [0.2, 0.25) is 0 Å². The molecule has 3 rings (SSSR count). The third-order valence-electron chi connectivity index (χ3n) is 4.17. The number of rotatable bonds is 2. The molecule has 1 aromatic rings. The lowest BCUT2D eigenvalue weighted by Gasteiger charge is -2.43. The number of hydrogen-bond donors (Lipinski definition) is 0. The third-order valence-corrected chi connectivity index (χ3v) is 4.17. The second-order valence-corrected chi connectivity index (χ2v) is 5.66. The van der Waals surface area contributed by atoms with E-state index in [9.17, 15) is 9.59 Å². The van der Waals surface area contributed by atoms with Crippen molar-refractivity contribution in [2.45, 2.75) is 31.9 Å². The number of ether oxygens (including phenoxy) is 1. The van der Waals surface area contributed by atoms with E-state index in [2.05, 4.69) is 0 Å². The van der Waals surface area contributed by atoms with Crippen LogP contribution >= 0.6 is 0 Å². The largest absolute Gasteiger partial charge is 0.445 e. The van der Waals surface area contributed by atoms with Gasteiger partial charge in [-0.05, 0) is 24.8 Å². The quantitative estimate of drug-likeness (QED) is 0.836. The smallest absolute Gasteiger partial charge is 0.410 e. The van der Waals surface area contributed by atoms with E-state index in [1.807, 2.05) is 35.2 Å². The summed E-state index contributed by atoms with van der Waals surface area (Å²) in [4.78, 5) is 27.7. The van der Waals surface area contributed by atoms with E-state index in [1.54, 1.807) is 0 Å². The Morgan fingerprint density at radius 1 is 1.24 bits per heavy atom. The Balaban J connectivity index is 1.56. The van der Waals surface area contributed by atoms with Gasteiger partial charge >= 0.3 is 6.09 Å². The van der Waals surface area contributed by atoms with Crippen molar-refractivity contribution in [2.24, 2.45) is 0 Å². The summed E-state index contributed by atoms with van der Waals surface area (Å²) in [6.45, 7) is 1.82. The number of piperazine rings is 1. The second kappa shape index (κ2) is 6.16. The Labute approximate surface area is 124 Å². The van der Waals surface area contributed by atoms with Crippen LogP contribution in [0.3, 0.4) is 0 Å². The molecule has 0 bridgehead atoms. The van der Waals surface area contributed by atoms with E-state index in [0.29, 0.717) is 6.54 Å². The minimum Gasteiger partial charge on any atom is -0.445 e. The van der Waals surface area contributed by atoms with Crippen LogP contribution in [0.5, 0.6) is 0 Å². The molecule has 21 heavy (non-hydrogen) atoms. The first-order chi connectivity index (χ1) is 10.2. The minimum atomic E-state index is -0.391. The van der Waals surface area contributed by atoms with Crippen LogP contribution in [-0.2, 0) is 16.1 Å². The fraction of sp³-hybridized carbons (Fsp3) is 0.500. The zero-order valence-electron chi connectivity index (χ0n) is 12.0. The van der Waals surface area contributed by atoms with Gasteiger partial charge in [0.05, 0.1) is 0 Å². The maximum absolute atomic E-state index is 12.1. The van der Waals surface area contributed by atoms with E-state index in [-0.39, 0.29) is 25.1 Å². The average molecular weight is 288 g/mol. The van der Waals surface area contributed by atoms with Crippen molar-refractivity contribution in [2.75, 3.05) is 19.6 Å². The SMILES string of the molecule is O=C(OCc1ccccc1)N1CC(=O)N2CCCC[C@@H]2C1. The zero-order valence-corrected chi connectivity index (χ0v) is 12.0. The number of benzene rings is 1. The molecule has 0 saturated carbocycles. The molecule has 0 radical (unpaired) electrons. The summed E-state index contributed by atoms with van der Waals surface area (Å²) in [5, 5.41) is 0. The maximum atomic E-state index is 12.1. The molecule has 1 atom stereocenters. The Bertz CT molecular complexity index is 518. The van der Waals surface area contributed by atoms with E-state index in [1.165, 1.54) is 4.90 Å². The number of amides is 2. The van der Waals surface area contributed by atoms with Gasteiger partial charge in [0, 0.05) is 19.1 Å². The standard InChI is InChI=1S/C16H20N2O3/c19-15-11-17(10-14-8-4-5-9-18(14)15)16(20)21-12-13-6-2-1-3-7-13/h1-3,6-7,14H,4-5,8-12H2/t14-/m1/s1. The Morgan fingerprint density at radius 2 is 2.05 bits per heavy atom. The van der Waals surface area contributed by atoms with Gasteiger partial charge in [-0.25, -0.2) is 4.79 Å². The lowest BCUT2D eigenvalue weighted by atomic mass is 9.99. The van der Waals surface area contributed by atoms with E-state index >= 15 is 0 Å². The normalized spacial score (nSPS) is 21.9. The van der Waals surface area contributed by atoms with Gasteiger partial charge in [-0.1, -0.05) is 30.3 Å². The predicted octanol–water partition coefficient (Wildman–Crippen LogP) is 2.02. The molecule has 0 spiro atoms. The molecule has 2 saturated heterocycles. The first kappa shape index (κ1) is 13.9. The monoisotopic (exact) mass is 288 g/mol. The van der Waals surface area contributed by atoms with Gasteiger partial charge in [0.15, 0.2) is 0 Å². The van der Waals surface area contributed by atoms with Crippen molar-refractivity contribution in [1.29, 1.82) is 0 Å². The van der Waals surface area contributed by atoms with Gasteiger partial charge in [-0.3, -0.25) is 9.69 Å². The summed E-state index contributed by atoms with van der Waals surface area (Å²) < 4.78 is 5.31. The average Bonchev–Trinajstić information content (AvgIpc) is 2.53.